The van der Waals surface area contributed by atoms with Crippen molar-refractivity contribution in [3.8, 4) is 0 Å². The largest absolute Gasteiger partial charge is 0.509 e. The van der Waals surface area contributed by atoms with Crippen LogP contribution in [-0.2, 0) is 55.9 Å². The van der Waals surface area contributed by atoms with Gasteiger partial charge in [0, 0.05) is 7.11 Å². The molecule has 1 N–H and O–H groups in total. The van der Waals surface area contributed by atoms with E-state index in [1.807, 2.05) is 12.1 Å². The Bertz CT molecular complexity index is 1160. The molecule has 2 aliphatic rings. The highest BCUT2D eigenvalue weighted by Crippen LogP contribution is 2.41. The number of esters is 1. The van der Waals surface area contributed by atoms with Gasteiger partial charge in [-0.1, -0.05) is 60.7 Å². The van der Waals surface area contributed by atoms with Crippen LogP contribution in [0.25, 0.3) is 0 Å². The van der Waals surface area contributed by atoms with Crippen molar-refractivity contribution in [1.82, 2.24) is 5.32 Å². The van der Waals surface area contributed by atoms with Gasteiger partial charge in [-0.25, -0.2) is 14.4 Å². The minimum Gasteiger partial charge on any atom is -0.464 e. The van der Waals surface area contributed by atoms with Crippen molar-refractivity contribution in [1.29, 1.82) is 0 Å². The molecule has 0 bridgehead atoms. The molecule has 6 unspecified atom stereocenters. The Balaban J connectivity index is 1.57. The number of carbonyl (C=O) groups excluding carboxylic acids is 3. The Kier molecular flexibility index (Phi) is 10.2. The number of nitrogens with one attached hydrogen (secondary N) is 1. The summed E-state index contributed by atoms with van der Waals surface area (Å²) >= 11 is 0. The van der Waals surface area contributed by atoms with E-state index >= 15 is 0 Å². The van der Waals surface area contributed by atoms with Crippen LogP contribution in [0.4, 0.5) is 9.59 Å². The van der Waals surface area contributed by atoms with Crippen molar-refractivity contribution in [3.63, 3.8) is 0 Å². The molecule has 2 saturated heterocycles. The fraction of sp³-hybridized carbons (Fsp3) is 0.483. The predicted octanol–water partition coefficient (Wildman–Crippen LogP) is 3.46. The fourth-order valence-electron chi connectivity index (χ4n) is 4.63. The maximum atomic E-state index is 13.2. The number of methoxy groups -OCH3 is 1. The van der Waals surface area contributed by atoms with Gasteiger partial charge in [0.15, 0.2) is 24.2 Å². The summed E-state index contributed by atoms with van der Waals surface area (Å²) in [6.07, 6.45) is -7.11. The van der Waals surface area contributed by atoms with Crippen LogP contribution < -0.4 is 5.32 Å². The summed E-state index contributed by atoms with van der Waals surface area (Å²) in [4.78, 5) is 39.0. The van der Waals surface area contributed by atoms with Gasteiger partial charge in [0.25, 0.3) is 0 Å². The minimum absolute atomic E-state index is 0.00777. The second-order valence-electron chi connectivity index (χ2n) is 9.81. The van der Waals surface area contributed by atoms with Gasteiger partial charge in [-0.3, -0.25) is 0 Å². The second kappa shape index (κ2) is 13.8. The van der Waals surface area contributed by atoms with Gasteiger partial charge >= 0.3 is 18.2 Å². The van der Waals surface area contributed by atoms with E-state index in [-0.39, 0.29) is 19.8 Å². The van der Waals surface area contributed by atoms with E-state index in [2.05, 4.69) is 5.32 Å². The van der Waals surface area contributed by atoms with E-state index in [1.54, 1.807) is 69.3 Å². The molecule has 0 saturated carbocycles. The van der Waals surface area contributed by atoms with Gasteiger partial charge in [-0.05, 0) is 31.9 Å². The third-order valence-corrected chi connectivity index (χ3v) is 6.39. The molecule has 0 radical (unpaired) electrons. The maximum Gasteiger partial charge on any atom is 0.509 e. The summed E-state index contributed by atoms with van der Waals surface area (Å²) in [5.41, 5.74) is 1.45. The van der Waals surface area contributed by atoms with Crippen molar-refractivity contribution in [2.24, 2.45) is 0 Å². The van der Waals surface area contributed by atoms with Crippen molar-refractivity contribution in [2.45, 2.75) is 76.5 Å². The minimum atomic E-state index is -1.56. The number of ether oxygens (including phenoxy) is 8. The Morgan fingerprint density at radius 3 is 2.05 bits per heavy atom. The number of hydrogen-bond acceptors (Lipinski definition) is 11. The average molecular weight is 574 g/mol. The standard InChI is InChI=1S/C29H35NO11/c1-5-35-25(31)20(30-27(32)36-16-18-12-8-6-9-13-18)21(39-28(33)37-17-19-14-10-7-11-15-19)22-23-24(26(34-4)38-22)41-29(2,3)40-23/h6-15,20-24,26H,5,16-17H2,1-4H3,(H,30,32). The van der Waals surface area contributed by atoms with Gasteiger partial charge in [-0.15, -0.1) is 0 Å². The molecule has 0 spiro atoms. The van der Waals surface area contributed by atoms with Gasteiger partial charge in [-0.2, -0.15) is 0 Å². The average Bonchev–Trinajstić information content (AvgIpc) is 3.46. The lowest BCUT2D eigenvalue weighted by Gasteiger charge is -2.32. The molecule has 2 aliphatic heterocycles. The Hall–Kier alpha value is -3.71. The first kappa shape index (κ1) is 30.3. The first-order chi connectivity index (χ1) is 19.7. The molecule has 2 heterocycles. The van der Waals surface area contributed by atoms with E-state index in [4.69, 9.17) is 37.9 Å². The molecule has 0 aromatic heterocycles. The zero-order valence-electron chi connectivity index (χ0n) is 23.3. The van der Waals surface area contributed by atoms with Crippen LogP contribution in [-0.4, -0.2) is 74.5 Å². The molecule has 2 fully saturated rings. The molecule has 12 nitrogen and oxygen atoms in total. The number of hydrogen-bond donors (Lipinski definition) is 1. The van der Waals surface area contributed by atoms with Crippen LogP contribution in [0.1, 0.15) is 31.9 Å². The Labute approximate surface area is 238 Å². The third kappa shape index (κ3) is 7.94. The van der Waals surface area contributed by atoms with E-state index in [1.165, 1.54) is 7.11 Å². The molecule has 0 aliphatic carbocycles. The van der Waals surface area contributed by atoms with Crippen LogP contribution >= 0.6 is 0 Å². The van der Waals surface area contributed by atoms with Gasteiger partial charge in [0.05, 0.1) is 6.61 Å². The molecule has 4 rings (SSSR count). The number of benzene rings is 2. The zero-order chi connectivity index (χ0) is 29.4. The highest BCUT2D eigenvalue weighted by Gasteiger charge is 2.60. The molecule has 12 heteroatoms. The first-order valence-electron chi connectivity index (χ1n) is 13.3. The molecule has 41 heavy (non-hydrogen) atoms. The van der Waals surface area contributed by atoms with E-state index in [9.17, 15) is 14.4 Å². The van der Waals surface area contributed by atoms with Gasteiger partial charge in [0.2, 0.25) is 0 Å². The predicted molar refractivity (Wildman–Crippen MR) is 141 cm³/mol. The van der Waals surface area contributed by atoms with Crippen molar-refractivity contribution < 1.29 is 52.3 Å². The fourth-order valence-corrected chi connectivity index (χ4v) is 4.63. The molecule has 222 valence electrons. The van der Waals surface area contributed by atoms with E-state index in [0.29, 0.717) is 0 Å². The molecular weight excluding hydrogens is 538 g/mol. The lowest BCUT2D eigenvalue weighted by Crippen LogP contribution is -2.58. The Morgan fingerprint density at radius 2 is 1.46 bits per heavy atom. The zero-order valence-corrected chi connectivity index (χ0v) is 23.3. The molecule has 2 aromatic carbocycles. The SMILES string of the molecule is CCOC(=O)C(NC(=O)OCc1ccccc1)C(OC(=O)OCc1ccccc1)C1OC(OC)C2OC(C)(C)OC21. The van der Waals surface area contributed by atoms with Crippen LogP contribution in [0, 0.1) is 0 Å². The van der Waals surface area contributed by atoms with Gasteiger partial charge < -0.3 is 43.2 Å². The summed E-state index contributed by atoms with van der Waals surface area (Å²) in [6.45, 7) is 4.86. The second-order valence-corrected chi connectivity index (χ2v) is 9.81. The lowest BCUT2D eigenvalue weighted by molar-refractivity contribution is -0.239. The van der Waals surface area contributed by atoms with Crippen LogP contribution in [0.15, 0.2) is 60.7 Å². The number of amides is 1. The smallest absolute Gasteiger partial charge is 0.464 e. The van der Waals surface area contributed by atoms with E-state index in [0.717, 1.165) is 11.1 Å². The summed E-state index contributed by atoms with van der Waals surface area (Å²) in [7, 11) is 1.42. The number of carbonyl (C=O) groups is 3. The van der Waals surface area contributed by atoms with E-state index < -0.39 is 60.8 Å². The molecular formula is C29H35NO11. The number of alkyl carbamates (subject to hydrolysis) is 1. The topological polar surface area (TPSA) is 137 Å². The third-order valence-electron chi connectivity index (χ3n) is 6.39. The van der Waals surface area contributed by atoms with Crippen molar-refractivity contribution in [3.05, 3.63) is 71.8 Å². The highest BCUT2D eigenvalue weighted by molar-refractivity contribution is 5.82. The highest BCUT2D eigenvalue weighted by atomic mass is 16.8. The first-order valence-corrected chi connectivity index (χ1v) is 13.3. The quantitative estimate of drug-likeness (QED) is 0.313. The summed E-state index contributed by atoms with van der Waals surface area (Å²) in [5, 5.41) is 2.48. The molecule has 6 atom stereocenters. The van der Waals surface area contributed by atoms with Gasteiger partial charge in [0.1, 0.15) is 31.5 Å². The van der Waals surface area contributed by atoms with Crippen LogP contribution in [0.5, 0.6) is 0 Å². The Morgan fingerprint density at radius 1 is 0.878 bits per heavy atom. The number of rotatable bonds is 11. The number of fused-ring (bicyclic) bond motifs is 1. The summed E-state index contributed by atoms with van der Waals surface area (Å²) in [6, 6.07) is 16.4. The van der Waals surface area contributed by atoms with Crippen LogP contribution in [0.2, 0.25) is 0 Å². The molecule has 2 aromatic rings. The van der Waals surface area contributed by atoms with Crippen molar-refractivity contribution in [2.75, 3.05) is 13.7 Å². The van der Waals surface area contributed by atoms with Crippen molar-refractivity contribution >= 4 is 18.2 Å². The normalized spacial score (nSPS) is 24.0. The lowest BCUT2D eigenvalue weighted by atomic mass is 9.99. The monoisotopic (exact) mass is 573 g/mol. The summed E-state index contributed by atoms with van der Waals surface area (Å²) in [5.74, 6) is -1.90. The maximum absolute atomic E-state index is 13.2. The van der Waals surface area contributed by atoms with Crippen LogP contribution in [0.3, 0.4) is 0 Å². The molecule has 1 amide bonds. The summed E-state index contributed by atoms with van der Waals surface area (Å²) < 4.78 is 45.0.